The summed E-state index contributed by atoms with van der Waals surface area (Å²) >= 11 is 3.32. The van der Waals surface area contributed by atoms with Gasteiger partial charge in [-0.15, -0.1) is 0 Å². The SMILES string of the molecule is O=S(=O)(c1ccc(Br)cc1)N1CCC2(CC1)NCCO2. The molecule has 0 aliphatic carbocycles. The standard InChI is InChI=1S/C13H17BrN2O3S/c14-11-1-3-12(4-2-11)20(17,18)16-8-5-13(6-9-16)15-7-10-19-13/h1-4,15H,5-10H2. The van der Waals surface area contributed by atoms with Crippen LogP contribution in [0.3, 0.4) is 0 Å². The molecule has 0 unspecified atom stereocenters. The molecule has 1 N–H and O–H groups in total. The molecular formula is C13H17BrN2O3S. The highest BCUT2D eigenvalue weighted by Crippen LogP contribution is 2.29. The van der Waals surface area contributed by atoms with Crippen molar-refractivity contribution in [2.24, 2.45) is 0 Å². The first kappa shape index (κ1) is 14.5. The fourth-order valence-electron chi connectivity index (χ4n) is 2.74. The van der Waals surface area contributed by atoms with Crippen LogP contribution in [0.25, 0.3) is 0 Å². The number of hydrogen-bond acceptors (Lipinski definition) is 4. The number of nitrogens with one attached hydrogen (secondary N) is 1. The van der Waals surface area contributed by atoms with Crippen LogP contribution >= 0.6 is 15.9 Å². The highest BCUT2D eigenvalue weighted by Gasteiger charge is 2.41. The predicted molar refractivity (Wildman–Crippen MR) is 78.8 cm³/mol. The van der Waals surface area contributed by atoms with Crippen molar-refractivity contribution >= 4 is 26.0 Å². The lowest BCUT2D eigenvalue weighted by Crippen LogP contribution is -2.52. The van der Waals surface area contributed by atoms with Crippen LogP contribution in [0.4, 0.5) is 0 Å². The van der Waals surface area contributed by atoms with Crippen LogP contribution in [0.2, 0.25) is 0 Å². The Morgan fingerprint density at radius 3 is 2.40 bits per heavy atom. The largest absolute Gasteiger partial charge is 0.359 e. The maximum absolute atomic E-state index is 12.6. The van der Waals surface area contributed by atoms with Gasteiger partial charge in [-0.25, -0.2) is 8.42 Å². The summed E-state index contributed by atoms with van der Waals surface area (Å²) in [6.45, 7) is 2.54. The van der Waals surface area contributed by atoms with Crippen LogP contribution in [-0.4, -0.2) is 44.7 Å². The van der Waals surface area contributed by atoms with E-state index in [-0.39, 0.29) is 5.72 Å². The number of rotatable bonds is 2. The maximum atomic E-state index is 12.6. The van der Waals surface area contributed by atoms with Gasteiger partial charge in [-0.05, 0) is 24.3 Å². The first-order valence-electron chi connectivity index (χ1n) is 6.67. The average molecular weight is 361 g/mol. The van der Waals surface area contributed by atoms with Crippen molar-refractivity contribution in [3.8, 4) is 0 Å². The van der Waals surface area contributed by atoms with E-state index in [0.717, 1.165) is 11.0 Å². The van der Waals surface area contributed by atoms with Crippen LogP contribution in [0.5, 0.6) is 0 Å². The summed E-state index contributed by atoms with van der Waals surface area (Å²) in [6.07, 6.45) is 1.39. The number of ether oxygens (including phenoxy) is 1. The minimum Gasteiger partial charge on any atom is -0.359 e. The second-order valence-electron chi connectivity index (χ2n) is 5.13. The Bertz CT molecular complexity index is 572. The minimum absolute atomic E-state index is 0.300. The van der Waals surface area contributed by atoms with E-state index < -0.39 is 10.0 Å². The molecule has 20 heavy (non-hydrogen) atoms. The molecule has 0 bridgehead atoms. The van der Waals surface area contributed by atoms with E-state index in [9.17, 15) is 8.42 Å². The topological polar surface area (TPSA) is 58.6 Å². The van der Waals surface area contributed by atoms with Crippen LogP contribution in [0.15, 0.2) is 33.6 Å². The molecule has 3 rings (SSSR count). The Morgan fingerprint density at radius 1 is 1.20 bits per heavy atom. The van der Waals surface area contributed by atoms with Crippen LogP contribution in [-0.2, 0) is 14.8 Å². The molecule has 5 nitrogen and oxygen atoms in total. The van der Waals surface area contributed by atoms with E-state index in [1.807, 2.05) is 0 Å². The van der Waals surface area contributed by atoms with E-state index in [1.165, 1.54) is 0 Å². The van der Waals surface area contributed by atoms with Gasteiger partial charge < -0.3 is 4.74 Å². The third kappa shape index (κ3) is 2.65. The molecule has 0 radical (unpaired) electrons. The van der Waals surface area contributed by atoms with E-state index in [0.29, 0.717) is 37.4 Å². The number of sulfonamides is 1. The molecule has 1 aromatic rings. The molecule has 0 saturated carbocycles. The van der Waals surface area contributed by atoms with E-state index in [2.05, 4.69) is 21.2 Å². The monoisotopic (exact) mass is 360 g/mol. The highest BCUT2D eigenvalue weighted by atomic mass is 79.9. The summed E-state index contributed by atoms with van der Waals surface area (Å²) in [4.78, 5) is 0.344. The zero-order valence-electron chi connectivity index (χ0n) is 11.0. The molecular weight excluding hydrogens is 344 g/mol. The van der Waals surface area contributed by atoms with Crippen LogP contribution < -0.4 is 5.32 Å². The van der Waals surface area contributed by atoms with Gasteiger partial charge in [-0.1, -0.05) is 15.9 Å². The normalized spacial score (nSPS) is 23.2. The van der Waals surface area contributed by atoms with Crippen molar-refractivity contribution in [3.63, 3.8) is 0 Å². The Balaban J connectivity index is 1.75. The smallest absolute Gasteiger partial charge is 0.243 e. The van der Waals surface area contributed by atoms with Gasteiger partial charge in [-0.2, -0.15) is 4.31 Å². The molecule has 2 heterocycles. The third-order valence-corrected chi connectivity index (χ3v) is 6.35. The summed E-state index contributed by atoms with van der Waals surface area (Å²) in [5.41, 5.74) is -0.300. The number of halogens is 1. The molecule has 110 valence electrons. The summed E-state index contributed by atoms with van der Waals surface area (Å²) in [7, 11) is -3.40. The van der Waals surface area contributed by atoms with Gasteiger partial charge in [-0.3, -0.25) is 5.32 Å². The van der Waals surface area contributed by atoms with E-state index in [4.69, 9.17) is 4.74 Å². The molecule has 2 aliphatic rings. The summed E-state index contributed by atoms with van der Waals surface area (Å²) in [5, 5.41) is 3.34. The van der Waals surface area contributed by atoms with Gasteiger partial charge in [0.05, 0.1) is 11.5 Å². The Hall–Kier alpha value is -0.470. The number of piperidine rings is 1. The van der Waals surface area contributed by atoms with Gasteiger partial charge in [0, 0.05) is 36.9 Å². The molecule has 0 atom stereocenters. The van der Waals surface area contributed by atoms with Crippen molar-refractivity contribution in [1.82, 2.24) is 9.62 Å². The van der Waals surface area contributed by atoms with Crippen molar-refractivity contribution in [2.45, 2.75) is 23.5 Å². The maximum Gasteiger partial charge on any atom is 0.243 e. The van der Waals surface area contributed by atoms with Crippen LogP contribution in [0, 0.1) is 0 Å². The van der Waals surface area contributed by atoms with Crippen molar-refractivity contribution < 1.29 is 13.2 Å². The molecule has 2 aliphatic heterocycles. The highest BCUT2D eigenvalue weighted by molar-refractivity contribution is 9.10. The number of nitrogens with zero attached hydrogens (tertiary/aromatic N) is 1. The molecule has 0 amide bonds. The summed E-state index contributed by atoms with van der Waals surface area (Å²) in [6, 6.07) is 6.77. The molecule has 2 saturated heterocycles. The predicted octanol–water partition coefficient (Wildman–Crippen LogP) is 1.55. The first-order valence-corrected chi connectivity index (χ1v) is 8.90. The molecule has 7 heteroatoms. The zero-order chi connectivity index (χ0) is 14.2. The Morgan fingerprint density at radius 2 is 1.85 bits per heavy atom. The lowest BCUT2D eigenvalue weighted by Gasteiger charge is -2.37. The number of benzene rings is 1. The van der Waals surface area contributed by atoms with Gasteiger partial charge >= 0.3 is 0 Å². The minimum atomic E-state index is -3.40. The Labute approximate surface area is 127 Å². The van der Waals surface area contributed by atoms with Gasteiger partial charge in [0.2, 0.25) is 10.0 Å². The lowest BCUT2D eigenvalue weighted by molar-refractivity contribution is -0.0445. The second-order valence-corrected chi connectivity index (χ2v) is 7.98. The van der Waals surface area contributed by atoms with Gasteiger partial charge in [0.1, 0.15) is 5.72 Å². The van der Waals surface area contributed by atoms with Gasteiger partial charge in [0.25, 0.3) is 0 Å². The summed E-state index contributed by atoms with van der Waals surface area (Å²) < 4.78 is 33.2. The van der Waals surface area contributed by atoms with Crippen molar-refractivity contribution in [1.29, 1.82) is 0 Å². The van der Waals surface area contributed by atoms with Crippen molar-refractivity contribution in [3.05, 3.63) is 28.7 Å². The molecule has 2 fully saturated rings. The quantitative estimate of drug-likeness (QED) is 0.869. The Kier molecular flexibility index (Phi) is 3.89. The first-order chi connectivity index (χ1) is 9.52. The molecule has 1 spiro atoms. The van der Waals surface area contributed by atoms with E-state index in [1.54, 1.807) is 28.6 Å². The summed E-state index contributed by atoms with van der Waals surface area (Å²) in [5.74, 6) is 0. The van der Waals surface area contributed by atoms with E-state index >= 15 is 0 Å². The molecule has 0 aromatic heterocycles. The third-order valence-electron chi connectivity index (χ3n) is 3.91. The fraction of sp³-hybridized carbons (Fsp3) is 0.538. The average Bonchev–Trinajstić information content (AvgIpc) is 2.88. The second kappa shape index (κ2) is 5.38. The van der Waals surface area contributed by atoms with Crippen LogP contribution in [0.1, 0.15) is 12.8 Å². The lowest BCUT2D eigenvalue weighted by atomic mass is 10.0. The molecule has 1 aromatic carbocycles. The fourth-order valence-corrected chi connectivity index (χ4v) is 4.45. The number of hydrogen-bond donors (Lipinski definition) is 1. The van der Waals surface area contributed by atoms with Gasteiger partial charge in [0.15, 0.2) is 0 Å². The zero-order valence-corrected chi connectivity index (χ0v) is 13.4. The van der Waals surface area contributed by atoms with Crippen molar-refractivity contribution in [2.75, 3.05) is 26.2 Å².